The summed E-state index contributed by atoms with van der Waals surface area (Å²) in [6.07, 6.45) is 0.0749. The van der Waals surface area contributed by atoms with E-state index in [1.807, 2.05) is 0 Å². The highest BCUT2D eigenvalue weighted by Gasteiger charge is 2.35. The molecule has 11 nitrogen and oxygen atoms in total. The van der Waals surface area contributed by atoms with E-state index in [-0.39, 0.29) is 34.9 Å². The van der Waals surface area contributed by atoms with Gasteiger partial charge in [0.1, 0.15) is 5.56 Å². The third-order valence-corrected chi connectivity index (χ3v) is 4.70. The number of hydrazone groups is 1. The molecular formula is C18H20N4O7. The number of aromatic nitrogens is 2. The number of H-pyrrole nitrogens is 1. The lowest BCUT2D eigenvalue weighted by Crippen LogP contribution is -2.32. The van der Waals surface area contributed by atoms with Crippen LogP contribution in [-0.4, -0.2) is 50.6 Å². The molecule has 154 valence electrons. The highest BCUT2D eigenvalue weighted by atomic mass is 16.5. The van der Waals surface area contributed by atoms with Crippen LogP contribution in [0.4, 0.5) is 0 Å². The summed E-state index contributed by atoms with van der Waals surface area (Å²) in [6.45, 7) is 1.30. The molecule has 0 spiro atoms. The Labute approximate surface area is 164 Å². The molecule has 3 N–H and O–H groups in total. The van der Waals surface area contributed by atoms with E-state index in [9.17, 15) is 24.6 Å². The number of ether oxygens (including phenoxy) is 2. The number of nitrogens with zero attached hydrogens (tertiary/aromatic N) is 3. The summed E-state index contributed by atoms with van der Waals surface area (Å²) in [6, 6.07) is 2.41. The average Bonchev–Trinajstić information content (AvgIpc) is 3.11. The van der Waals surface area contributed by atoms with Crippen molar-refractivity contribution in [1.29, 1.82) is 0 Å². The Hall–Kier alpha value is -3.76. The van der Waals surface area contributed by atoms with Gasteiger partial charge in [-0.2, -0.15) is 5.10 Å². The number of phenols is 1. The van der Waals surface area contributed by atoms with Gasteiger partial charge in [-0.1, -0.05) is 0 Å². The number of aromatic hydroxyl groups is 2. The van der Waals surface area contributed by atoms with Gasteiger partial charge in [0.05, 0.1) is 26.0 Å². The Balaban J connectivity index is 2.12. The van der Waals surface area contributed by atoms with Crippen LogP contribution in [0.25, 0.3) is 0 Å². The maximum atomic E-state index is 12.3. The fraction of sp³-hybridized carbons (Fsp3) is 0.333. The smallest absolute Gasteiger partial charge is 0.330 e. The molecule has 2 heterocycles. The first-order valence-corrected chi connectivity index (χ1v) is 8.54. The number of nitrogens with one attached hydrogen (secondary N) is 1. The van der Waals surface area contributed by atoms with Crippen LogP contribution in [0.5, 0.6) is 23.1 Å². The van der Waals surface area contributed by atoms with Gasteiger partial charge in [-0.3, -0.25) is 19.1 Å². The molecule has 0 aliphatic carbocycles. The maximum Gasteiger partial charge on any atom is 0.330 e. The van der Waals surface area contributed by atoms with E-state index >= 15 is 0 Å². The number of carbonyl (C=O) groups excluding carboxylic acids is 1. The van der Waals surface area contributed by atoms with Crippen LogP contribution >= 0.6 is 0 Å². The van der Waals surface area contributed by atoms with Gasteiger partial charge in [-0.25, -0.2) is 9.80 Å². The Morgan fingerprint density at radius 1 is 1.21 bits per heavy atom. The van der Waals surface area contributed by atoms with E-state index in [1.54, 1.807) is 0 Å². The predicted octanol–water partition coefficient (Wildman–Crippen LogP) is 0.200. The van der Waals surface area contributed by atoms with Gasteiger partial charge < -0.3 is 19.7 Å². The van der Waals surface area contributed by atoms with Gasteiger partial charge in [0.2, 0.25) is 17.5 Å². The minimum Gasteiger partial charge on any atom is -0.502 e. The second kappa shape index (κ2) is 7.34. The highest BCUT2D eigenvalue weighted by molar-refractivity contribution is 6.04. The zero-order chi connectivity index (χ0) is 21.5. The molecule has 29 heavy (non-hydrogen) atoms. The number of hydrogen-bond donors (Lipinski definition) is 3. The SMILES string of the molecule is COc1cc(C2CC(c3c(O)n(C)c(=O)[nH]c3=O)=NN2C(C)=O)cc(OC)c1O. The monoisotopic (exact) mass is 404 g/mol. The normalized spacial score (nSPS) is 15.9. The Morgan fingerprint density at radius 2 is 1.79 bits per heavy atom. The zero-order valence-corrected chi connectivity index (χ0v) is 16.2. The number of amides is 1. The number of phenolic OH excluding ortho intramolecular Hbond substituents is 1. The fourth-order valence-electron chi connectivity index (χ4n) is 3.19. The molecule has 0 radical (unpaired) electrons. The van der Waals surface area contributed by atoms with Gasteiger partial charge in [0, 0.05) is 20.4 Å². The highest BCUT2D eigenvalue weighted by Crippen LogP contribution is 2.42. The van der Waals surface area contributed by atoms with E-state index in [0.717, 1.165) is 9.58 Å². The van der Waals surface area contributed by atoms with Gasteiger partial charge in [-0.05, 0) is 17.7 Å². The average molecular weight is 404 g/mol. The summed E-state index contributed by atoms with van der Waals surface area (Å²) in [4.78, 5) is 38.2. The van der Waals surface area contributed by atoms with E-state index in [4.69, 9.17) is 9.47 Å². The van der Waals surface area contributed by atoms with Crippen LogP contribution < -0.4 is 20.7 Å². The molecule has 0 bridgehead atoms. The first-order valence-electron chi connectivity index (χ1n) is 8.54. The summed E-state index contributed by atoms with van der Waals surface area (Å²) < 4.78 is 11.2. The Kier molecular flexibility index (Phi) is 5.06. The van der Waals surface area contributed by atoms with Gasteiger partial charge in [0.15, 0.2) is 11.5 Å². The second-order valence-electron chi connectivity index (χ2n) is 6.42. The van der Waals surface area contributed by atoms with Gasteiger partial charge in [-0.15, -0.1) is 0 Å². The number of benzene rings is 1. The summed E-state index contributed by atoms with van der Waals surface area (Å²) >= 11 is 0. The van der Waals surface area contributed by atoms with Crippen molar-refractivity contribution in [2.24, 2.45) is 12.1 Å². The number of hydrogen-bond acceptors (Lipinski definition) is 8. The van der Waals surface area contributed by atoms with Crippen molar-refractivity contribution in [3.05, 3.63) is 44.1 Å². The zero-order valence-electron chi connectivity index (χ0n) is 16.2. The lowest BCUT2D eigenvalue weighted by Gasteiger charge is -2.22. The summed E-state index contributed by atoms with van der Waals surface area (Å²) in [5.41, 5.74) is -1.12. The van der Waals surface area contributed by atoms with E-state index in [0.29, 0.717) is 5.56 Å². The minimum absolute atomic E-state index is 0.0749. The first kappa shape index (κ1) is 20.0. The van der Waals surface area contributed by atoms with E-state index < -0.39 is 29.1 Å². The summed E-state index contributed by atoms with van der Waals surface area (Å²) in [5, 5.41) is 25.8. The molecule has 1 aliphatic rings. The second-order valence-corrected chi connectivity index (χ2v) is 6.42. The largest absolute Gasteiger partial charge is 0.502 e. The van der Waals surface area contributed by atoms with Crippen LogP contribution in [-0.2, 0) is 11.8 Å². The van der Waals surface area contributed by atoms with Crippen molar-refractivity contribution < 1.29 is 24.5 Å². The standard InChI is InChI=1S/C18H20N4O7/c1-8(23)22-11(9-5-12(28-3)15(24)13(6-9)29-4)7-10(20-22)14-16(25)19-18(27)21(2)17(14)26/h5-6,11,24,26H,7H2,1-4H3,(H,19,25,27). The number of aromatic amines is 1. The van der Waals surface area contributed by atoms with Crippen molar-refractivity contribution in [2.45, 2.75) is 19.4 Å². The predicted molar refractivity (Wildman–Crippen MR) is 102 cm³/mol. The van der Waals surface area contributed by atoms with Crippen LogP contribution in [0.2, 0.25) is 0 Å². The van der Waals surface area contributed by atoms with Crippen molar-refractivity contribution in [1.82, 2.24) is 14.6 Å². The molecule has 1 aromatic carbocycles. The molecule has 11 heteroatoms. The van der Waals surface area contributed by atoms with E-state index in [1.165, 1.54) is 40.3 Å². The van der Waals surface area contributed by atoms with Crippen molar-refractivity contribution in [3.8, 4) is 23.1 Å². The molecular weight excluding hydrogens is 384 g/mol. The summed E-state index contributed by atoms with van der Waals surface area (Å²) in [7, 11) is 4.04. The topological polar surface area (TPSA) is 146 Å². The number of rotatable bonds is 4. The Morgan fingerprint density at radius 3 is 2.31 bits per heavy atom. The van der Waals surface area contributed by atoms with E-state index in [2.05, 4.69) is 10.1 Å². The molecule has 1 amide bonds. The number of methoxy groups -OCH3 is 2. The molecule has 0 saturated carbocycles. The third kappa shape index (κ3) is 3.30. The molecule has 1 aromatic heterocycles. The number of carbonyl (C=O) groups is 1. The minimum atomic E-state index is -0.811. The molecule has 0 fully saturated rings. The molecule has 0 saturated heterocycles. The molecule has 3 rings (SSSR count). The Bertz CT molecular complexity index is 1110. The van der Waals surface area contributed by atoms with Crippen LogP contribution in [0, 0.1) is 0 Å². The first-order chi connectivity index (χ1) is 13.7. The van der Waals surface area contributed by atoms with Crippen LogP contribution in [0.3, 0.4) is 0 Å². The molecule has 1 aliphatic heterocycles. The molecule has 1 atom stereocenters. The fourth-order valence-corrected chi connectivity index (χ4v) is 3.19. The van der Waals surface area contributed by atoms with Gasteiger partial charge >= 0.3 is 5.69 Å². The lowest BCUT2D eigenvalue weighted by molar-refractivity contribution is -0.130. The third-order valence-electron chi connectivity index (χ3n) is 4.70. The van der Waals surface area contributed by atoms with Crippen LogP contribution in [0.15, 0.2) is 26.8 Å². The van der Waals surface area contributed by atoms with Crippen molar-refractivity contribution in [3.63, 3.8) is 0 Å². The van der Waals surface area contributed by atoms with Crippen LogP contribution in [0.1, 0.15) is 30.5 Å². The molecule has 2 aromatic rings. The summed E-state index contributed by atoms with van der Waals surface area (Å²) in [5.74, 6) is -0.878. The lowest BCUT2D eigenvalue weighted by atomic mass is 9.98. The van der Waals surface area contributed by atoms with Gasteiger partial charge in [0.25, 0.3) is 5.56 Å². The van der Waals surface area contributed by atoms with Crippen molar-refractivity contribution >= 4 is 11.6 Å². The quantitative estimate of drug-likeness (QED) is 0.660. The maximum absolute atomic E-state index is 12.3. The molecule has 1 unspecified atom stereocenters. The van der Waals surface area contributed by atoms with Crippen molar-refractivity contribution in [2.75, 3.05) is 14.2 Å².